The monoisotopic (exact) mass is 440 g/mol. The predicted molar refractivity (Wildman–Crippen MR) is 119 cm³/mol. The number of para-hydroxylation sites is 1. The van der Waals surface area contributed by atoms with Crippen LogP contribution in [0.4, 0.5) is 35.4 Å². The second kappa shape index (κ2) is 10.8. The zero-order valence-electron chi connectivity index (χ0n) is 17.3. The van der Waals surface area contributed by atoms with Gasteiger partial charge in [0.25, 0.3) is 0 Å². The number of hydrogen-bond donors (Lipinski definition) is 3. The molecule has 3 aromatic carbocycles. The number of halogens is 2. The minimum absolute atomic E-state index is 0.0395. The Balaban J connectivity index is 1.64. The van der Waals surface area contributed by atoms with E-state index in [0.29, 0.717) is 17.1 Å². The number of carbonyl (C=O) groups excluding carboxylic acids is 2. The Morgan fingerprint density at radius 3 is 2.25 bits per heavy atom. The number of amides is 4. The van der Waals surface area contributed by atoms with Gasteiger partial charge in [0.2, 0.25) is 0 Å². The van der Waals surface area contributed by atoms with Gasteiger partial charge in [0.1, 0.15) is 17.4 Å². The number of rotatable bonds is 7. The van der Waals surface area contributed by atoms with Crippen LogP contribution < -0.4 is 25.6 Å². The van der Waals surface area contributed by atoms with Gasteiger partial charge in [0, 0.05) is 24.5 Å². The number of nitrogens with zero attached hydrogens (tertiary/aromatic N) is 1. The molecular formula is C23H22F2N4O3. The molecule has 9 heteroatoms. The molecule has 3 rings (SSSR count). The predicted octanol–water partition coefficient (Wildman–Crippen LogP) is 4.83. The average Bonchev–Trinajstić information content (AvgIpc) is 2.79. The minimum atomic E-state index is -0.621. The van der Waals surface area contributed by atoms with Crippen LogP contribution in [0.2, 0.25) is 0 Å². The first-order valence-electron chi connectivity index (χ1n) is 9.74. The Kier molecular flexibility index (Phi) is 7.58. The zero-order valence-corrected chi connectivity index (χ0v) is 17.3. The highest BCUT2D eigenvalue weighted by Crippen LogP contribution is 2.19. The summed E-state index contributed by atoms with van der Waals surface area (Å²) in [6.45, 7) is 0.145. The van der Waals surface area contributed by atoms with Crippen LogP contribution in [0.3, 0.4) is 0 Å². The number of anilines is 3. The smallest absolute Gasteiger partial charge is 0.326 e. The Labute approximate surface area is 184 Å². The highest BCUT2D eigenvalue weighted by Gasteiger charge is 2.17. The molecular weight excluding hydrogens is 418 g/mol. The Hall–Kier alpha value is -4.14. The van der Waals surface area contributed by atoms with Crippen molar-refractivity contribution in [2.45, 2.75) is 0 Å². The van der Waals surface area contributed by atoms with Gasteiger partial charge in [-0.1, -0.05) is 12.1 Å². The molecule has 166 valence electrons. The Morgan fingerprint density at radius 1 is 0.906 bits per heavy atom. The van der Waals surface area contributed by atoms with Gasteiger partial charge in [-0.3, -0.25) is 4.90 Å². The lowest BCUT2D eigenvalue weighted by molar-refractivity contribution is 0.250. The van der Waals surface area contributed by atoms with Crippen LogP contribution >= 0.6 is 0 Å². The molecule has 32 heavy (non-hydrogen) atoms. The molecule has 0 aliphatic rings. The lowest BCUT2D eigenvalue weighted by atomic mass is 10.2. The van der Waals surface area contributed by atoms with E-state index in [4.69, 9.17) is 4.74 Å². The molecule has 3 aromatic rings. The van der Waals surface area contributed by atoms with Crippen molar-refractivity contribution in [1.82, 2.24) is 5.32 Å². The van der Waals surface area contributed by atoms with Crippen molar-refractivity contribution in [1.29, 1.82) is 0 Å². The summed E-state index contributed by atoms with van der Waals surface area (Å²) in [6.07, 6.45) is 0. The van der Waals surface area contributed by atoms with Crippen molar-refractivity contribution in [2.75, 3.05) is 35.7 Å². The molecule has 0 saturated carbocycles. The molecule has 0 aromatic heterocycles. The Morgan fingerprint density at radius 2 is 1.59 bits per heavy atom. The summed E-state index contributed by atoms with van der Waals surface area (Å²) < 4.78 is 32.1. The van der Waals surface area contributed by atoms with E-state index >= 15 is 0 Å². The van der Waals surface area contributed by atoms with Crippen molar-refractivity contribution in [2.24, 2.45) is 0 Å². The maximum atomic E-state index is 13.7. The van der Waals surface area contributed by atoms with Gasteiger partial charge >= 0.3 is 12.1 Å². The molecule has 0 aliphatic carbocycles. The van der Waals surface area contributed by atoms with Gasteiger partial charge < -0.3 is 20.7 Å². The normalized spacial score (nSPS) is 10.2. The van der Waals surface area contributed by atoms with E-state index in [2.05, 4.69) is 16.0 Å². The van der Waals surface area contributed by atoms with E-state index in [1.807, 2.05) is 0 Å². The summed E-state index contributed by atoms with van der Waals surface area (Å²) >= 11 is 0. The third-order valence-corrected chi connectivity index (χ3v) is 4.47. The van der Waals surface area contributed by atoms with E-state index in [0.717, 1.165) is 0 Å². The number of ether oxygens (including phenoxy) is 1. The van der Waals surface area contributed by atoms with E-state index < -0.39 is 23.7 Å². The first kappa shape index (κ1) is 22.5. The highest BCUT2D eigenvalue weighted by atomic mass is 19.1. The summed E-state index contributed by atoms with van der Waals surface area (Å²) in [7, 11) is 1.54. The number of carbonyl (C=O) groups is 2. The molecule has 0 saturated heterocycles. The van der Waals surface area contributed by atoms with E-state index in [1.165, 1.54) is 47.4 Å². The quantitative estimate of drug-likeness (QED) is 0.492. The van der Waals surface area contributed by atoms with E-state index in [-0.39, 0.29) is 18.8 Å². The first-order chi connectivity index (χ1) is 15.5. The molecule has 0 heterocycles. The van der Waals surface area contributed by atoms with Crippen molar-refractivity contribution in [3.63, 3.8) is 0 Å². The molecule has 7 nitrogen and oxygen atoms in total. The van der Waals surface area contributed by atoms with Gasteiger partial charge in [-0.15, -0.1) is 0 Å². The average molecular weight is 440 g/mol. The zero-order chi connectivity index (χ0) is 22.9. The van der Waals surface area contributed by atoms with Gasteiger partial charge in [-0.2, -0.15) is 0 Å². The van der Waals surface area contributed by atoms with E-state index in [1.54, 1.807) is 37.4 Å². The third kappa shape index (κ3) is 6.18. The Bertz CT molecular complexity index is 1060. The van der Waals surface area contributed by atoms with Crippen molar-refractivity contribution in [3.05, 3.63) is 84.4 Å². The summed E-state index contributed by atoms with van der Waals surface area (Å²) in [5, 5.41) is 7.73. The second-order valence-corrected chi connectivity index (χ2v) is 6.65. The van der Waals surface area contributed by atoms with Gasteiger partial charge in [-0.05, 0) is 60.7 Å². The van der Waals surface area contributed by atoms with Crippen LogP contribution in [0.1, 0.15) is 0 Å². The molecule has 4 amide bonds. The third-order valence-electron chi connectivity index (χ3n) is 4.47. The maximum absolute atomic E-state index is 13.7. The molecule has 0 fully saturated rings. The fourth-order valence-corrected chi connectivity index (χ4v) is 2.84. The van der Waals surface area contributed by atoms with Crippen LogP contribution in [-0.2, 0) is 0 Å². The van der Waals surface area contributed by atoms with Crippen LogP contribution in [0.15, 0.2) is 72.8 Å². The number of methoxy groups -OCH3 is 1. The van der Waals surface area contributed by atoms with Crippen molar-refractivity contribution < 1.29 is 23.1 Å². The van der Waals surface area contributed by atoms with Crippen LogP contribution in [0.25, 0.3) is 0 Å². The number of urea groups is 2. The van der Waals surface area contributed by atoms with E-state index in [9.17, 15) is 18.4 Å². The molecule has 3 N–H and O–H groups in total. The second-order valence-electron chi connectivity index (χ2n) is 6.65. The largest absolute Gasteiger partial charge is 0.497 e. The standard InChI is InChI=1S/C23H22F2N4O3/c1-32-19-12-8-17(9-13-19)27-23(31)29(18-10-6-16(24)7-11-18)15-14-26-22(30)28-21-5-3-2-4-20(21)25/h2-13H,14-15H2,1H3,(H,27,31)(H2,26,28,30). The van der Waals surface area contributed by atoms with Gasteiger partial charge in [-0.25, -0.2) is 18.4 Å². The maximum Gasteiger partial charge on any atom is 0.326 e. The summed E-state index contributed by atoms with van der Waals surface area (Å²) in [6, 6.07) is 16.8. The highest BCUT2D eigenvalue weighted by molar-refractivity contribution is 6.01. The molecule has 0 aliphatic heterocycles. The summed E-state index contributed by atoms with van der Waals surface area (Å²) in [5.41, 5.74) is 1.01. The van der Waals surface area contributed by atoms with Gasteiger partial charge in [0.15, 0.2) is 0 Å². The van der Waals surface area contributed by atoms with Gasteiger partial charge in [0.05, 0.1) is 12.8 Å². The fourth-order valence-electron chi connectivity index (χ4n) is 2.84. The lowest BCUT2D eigenvalue weighted by Crippen LogP contribution is -2.42. The lowest BCUT2D eigenvalue weighted by Gasteiger charge is -2.23. The van der Waals surface area contributed by atoms with Crippen LogP contribution in [-0.4, -0.2) is 32.3 Å². The number of hydrogen-bond acceptors (Lipinski definition) is 3. The molecule has 0 unspecified atom stereocenters. The van der Waals surface area contributed by atoms with Crippen LogP contribution in [0.5, 0.6) is 5.75 Å². The molecule has 0 bridgehead atoms. The minimum Gasteiger partial charge on any atom is -0.497 e. The number of nitrogens with one attached hydrogen (secondary N) is 3. The van der Waals surface area contributed by atoms with Crippen molar-refractivity contribution >= 4 is 29.1 Å². The summed E-state index contributed by atoms with van der Waals surface area (Å²) in [4.78, 5) is 26.3. The molecule has 0 atom stereocenters. The summed E-state index contributed by atoms with van der Waals surface area (Å²) in [5.74, 6) is -0.357. The molecule has 0 spiro atoms. The van der Waals surface area contributed by atoms with Crippen LogP contribution in [0, 0.1) is 11.6 Å². The molecule has 0 radical (unpaired) electrons. The topological polar surface area (TPSA) is 82.7 Å². The SMILES string of the molecule is COc1ccc(NC(=O)N(CCNC(=O)Nc2ccccc2F)c2ccc(F)cc2)cc1. The fraction of sp³-hybridized carbons (Fsp3) is 0.130. The first-order valence-corrected chi connectivity index (χ1v) is 9.74. The van der Waals surface area contributed by atoms with Crippen molar-refractivity contribution in [3.8, 4) is 5.75 Å². The number of benzene rings is 3.